The highest BCUT2D eigenvalue weighted by atomic mass is 16.2. The standard InChI is InChI=1S/C13H14N4O2/c1-8-10(7-15-17(8)2)13(19)16-11-6-4-3-5-9(11)12(14)18/h3-7H,1-2H3,(H2,14,18)(H,16,19). The average molecular weight is 258 g/mol. The minimum Gasteiger partial charge on any atom is -0.366 e. The Morgan fingerprint density at radius 2 is 1.95 bits per heavy atom. The highest BCUT2D eigenvalue weighted by Crippen LogP contribution is 2.16. The number of carbonyl (C=O) groups is 2. The summed E-state index contributed by atoms with van der Waals surface area (Å²) in [6, 6.07) is 6.60. The maximum absolute atomic E-state index is 12.1. The first kappa shape index (κ1) is 12.8. The Kier molecular flexibility index (Phi) is 3.33. The van der Waals surface area contributed by atoms with Crippen molar-refractivity contribution in [3.05, 3.63) is 47.3 Å². The van der Waals surface area contributed by atoms with E-state index in [2.05, 4.69) is 10.4 Å². The molecule has 0 aliphatic carbocycles. The molecule has 2 amide bonds. The topological polar surface area (TPSA) is 90.0 Å². The predicted octanol–water partition coefficient (Wildman–Crippen LogP) is 1.08. The lowest BCUT2D eigenvalue weighted by Crippen LogP contribution is -2.18. The summed E-state index contributed by atoms with van der Waals surface area (Å²) in [5.41, 5.74) is 7.13. The lowest BCUT2D eigenvalue weighted by Gasteiger charge is -2.08. The second-order valence-electron chi connectivity index (χ2n) is 4.13. The van der Waals surface area contributed by atoms with E-state index in [0.717, 1.165) is 5.69 Å². The molecule has 0 saturated carbocycles. The van der Waals surface area contributed by atoms with Crippen LogP contribution in [-0.2, 0) is 7.05 Å². The van der Waals surface area contributed by atoms with Gasteiger partial charge in [-0.25, -0.2) is 0 Å². The van der Waals surface area contributed by atoms with Gasteiger partial charge in [-0.15, -0.1) is 0 Å². The van der Waals surface area contributed by atoms with Crippen LogP contribution in [0.15, 0.2) is 30.5 Å². The lowest BCUT2D eigenvalue weighted by atomic mass is 10.1. The molecular formula is C13H14N4O2. The molecule has 0 saturated heterocycles. The first-order valence-corrected chi connectivity index (χ1v) is 5.69. The number of primary amides is 1. The molecule has 2 rings (SSSR count). The Morgan fingerprint density at radius 1 is 1.26 bits per heavy atom. The molecule has 6 nitrogen and oxygen atoms in total. The number of amides is 2. The van der Waals surface area contributed by atoms with Crippen molar-refractivity contribution < 1.29 is 9.59 Å². The maximum atomic E-state index is 12.1. The molecule has 1 aromatic carbocycles. The summed E-state index contributed by atoms with van der Waals surface area (Å²) in [5.74, 6) is -0.905. The van der Waals surface area contributed by atoms with Crippen LogP contribution in [0.5, 0.6) is 0 Å². The number of aromatic nitrogens is 2. The van der Waals surface area contributed by atoms with Crippen LogP contribution < -0.4 is 11.1 Å². The summed E-state index contributed by atoms with van der Waals surface area (Å²) in [6.07, 6.45) is 1.48. The van der Waals surface area contributed by atoms with E-state index >= 15 is 0 Å². The first-order valence-electron chi connectivity index (χ1n) is 5.69. The summed E-state index contributed by atoms with van der Waals surface area (Å²) >= 11 is 0. The van der Waals surface area contributed by atoms with E-state index in [4.69, 9.17) is 5.73 Å². The number of nitrogens with one attached hydrogen (secondary N) is 1. The largest absolute Gasteiger partial charge is 0.366 e. The molecule has 0 radical (unpaired) electrons. The van der Waals surface area contributed by atoms with Gasteiger partial charge in [0.1, 0.15) is 0 Å². The summed E-state index contributed by atoms with van der Waals surface area (Å²) in [4.78, 5) is 23.4. The number of para-hydroxylation sites is 1. The molecule has 19 heavy (non-hydrogen) atoms. The van der Waals surface area contributed by atoms with Crippen molar-refractivity contribution in [3.63, 3.8) is 0 Å². The van der Waals surface area contributed by atoms with Crippen molar-refractivity contribution in [3.8, 4) is 0 Å². The lowest BCUT2D eigenvalue weighted by molar-refractivity contribution is 0.100. The van der Waals surface area contributed by atoms with E-state index in [9.17, 15) is 9.59 Å². The molecule has 0 bridgehead atoms. The van der Waals surface area contributed by atoms with Crippen molar-refractivity contribution in [2.75, 3.05) is 5.32 Å². The highest BCUT2D eigenvalue weighted by molar-refractivity contribution is 6.09. The summed E-state index contributed by atoms with van der Waals surface area (Å²) in [5, 5.41) is 6.67. The van der Waals surface area contributed by atoms with E-state index in [1.807, 2.05) is 0 Å². The monoisotopic (exact) mass is 258 g/mol. The number of hydrogen-bond acceptors (Lipinski definition) is 3. The zero-order chi connectivity index (χ0) is 14.0. The molecule has 0 atom stereocenters. The number of aryl methyl sites for hydroxylation is 1. The molecule has 3 N–H and O–H groups in total. The number of nitrogens with two attached hydrogens (primary N) is 1. The van der Waals surface area contributed by atoms with E-state index < -0.39 is 5.91 Å². The molecule has 0 fully saturated rings. The Balaban J connectivity index is 2.29. The maximum Gasteiger partial charge on any atom is 0.259 e. The quantitative estimate of drug-likeness (QED) is 0.863. The smallest absolute Gasteiger partial charge is 0.259 e. The van der Waals surface area contributed by atoms with Crippen molar-refractivity contribution in [2.24, 2.45) is 12.8 Å². The molecule has 0 aliphatic heterocycles. The van der Waals surface area contributed by atoms with Crippen LogP contribution in [0.1, 0.15) is 26.4 Å². The van der Waals surface area contributed by atoms with Gasteiger partial charge in [0, 0.05) is 12.7 Å². The van der Waals surface area contributed by atoms with Crippen LogP contribution in [-0.4, -0.2) is 21.6 Å². The third kappa shape index (κ3) is 2.47. The van der Waals surface area contributed by atoms with Crippen LogP contribution in [0.4, 0.5) is 5.69 Å². The zero-order valence-electron chi connectivity index (χ0n) is 10.7. The Labute approximate surface area is 110 Å². The second kappa shape index (κ2) is 4.93. The van der Waals surface area contributed by atoms with Gasteiger partial charge in [-0.05, 0) is 19.1 Å². The Hall–Kier alpha value is -2.63. The minimum absolute atomic E-state index is 0.275. The van der Waals surface area contributed by atoms with Crippen molar-refractivity contribution in [2.45, 2.75) is 6.92 Å². The van der Waals surface area contributed by atoms with Gasteiger partial charge in [-0.1, -0.05) is 12.1 Å². The molecule has 98 valence electrons. The van der Waals surface area contributed by atoms with Crippen molar-refractivity contribution >= 4 is 17.5 Å². The van der Waals surface area contributed by atoms with Gasteiger partial charge >= 0.3 is 0 Å². The fourth-order valence-electron chi connectivity index (χ4n) is 1.72. The normalized spacial score (nSPS) is 10.2. The number of hydrogen-bond donors (Lipinski definition) is 2. The second-order valence-corrected chi connectivity index (χ2v) is 4.13. The zero-order valence-corrected chi connectivity index (χ0v) is 10.7. The molecule has 2 aromatic rings. The number of rotatable bonds is 3. The van der Waals surface area contributed by atoms with Crippen molar-refractivity contribution in [1.29, 1.82) is 0 Å². The first-order chi connectivity index (χ1) is 9.00. The highest BCUT2D eigenvalue weighted by Gasteiger charge is 2.15. The number of anilines is 1. The van der Waals surface area contributed by atoms with Crippen LogP contribution >= 0.6 is 0 Å². The van der Waals surface area contributed by atoms with Gasteiger partial charge in [0.25, 0.3) is 11.8 Å². The Bertz CT molecular complexity index is 646. The fourth-order valence-corrected chi connectivity index (χ4v) is 1.72. The van der Waals surface area contributed by atoms with Gasteiger partial charge in [-0.2, -0.15) is 5.10 Å². The number of carbonyl (C=O) groups excluding carboxylic acids is 2. The van der Waals surface area contributed by atoms with E-state index in [-0.39, 0.29) is 11.5 Å². The summed E-state index contributed by atoms with van der Waals surface area (Å²) < 4.78 is 1.61. The predicted molar refractivity (Wildman–Crippen MR) is 70.9 cm³/mol. The summed E-state index contributed by atoms with van der Waals surface area (Å²) in [6.45, 7) is 1.79. The molecule has 0 spiro atoms. The molecule has 1 aromatic heterocycles. The SMILES string of the molecule is Cc1c(C(=O)Nc2ccccc2C(N)=O)cnn1C. The van der Waals surface area contributed by atoms with E-state index in [1.54, 1.807) is 42.9 Å². The van der Waals surface area contributed by atoms with Crippen molar-refractivity contribution in [1.82, 2.24) is 9.78 Å². The molecule has 1 heterocycles. The number of benzene rings is 1. The van der Waals surface area contributed by atoms with Gasteiger partial charge in [0.2, 0.25) is 0 Å². The van der Waals surface area contributed by atoms with Gasteiger partial charge in [-0.3, -0.25) is 14.3 Å². The van der Waals surface area contributed by atoms with E-state index in [1.165, 1.54) is 6.20 Å². The molecular weight excluding hydrogens is 244 g/mol. The minimum atomic E-state index is -0.584. The summed E-state index contributed by atoms with van der Waals surface area (Å²) in [7, 11) is 1.75. The third-order valence-electron chi connectivity index (χ3n) is 2.92. The van der Waals surface area contributed by atoms with Crippen LogP contribution in [0.2, 0.25) is 0 Å². The van der Waals surface area contributed by atoms with Gasteiger partial charge in [0.15, 0.2) is 0 Å². The number of nitrogens with zero attached hydrogens (tertiary/aromatic N) is 2. The molecule has 0 unspecified atom stereocenters. The molecule has 0 aliphatic rings. The Morgan fingerprint density at radius 3 is 2.53 bits per heavy atom. The van der Waals surface area contributed by atoms with Gasteiger partial charge < -0.3 is 11.1 Å². The third-order valence-corrected chi connectivity index (χ3v) is 2.92. The molecule has 6 heteroatoms. The van der Waals surface area contributed by atoms with Crippen LogP contribution in [0.25, 0.3) is 0 Å². The van der Waals surface area contributed by atoms with Gasteiger partial charge in [0.05, 0.1) is 23.0 Å². The van der Waals surface area contributed by atoms with Crippen LogP contribution in [0.3, 0.4) is 0 Å². The van der Waals surface area contributed by atoms with Crippen LogP contribution in [0, 0.1) is 6.92 Å². The average Bonchev–Trinajstić information content (AvgIpc) is 2.70. The fraction of sp³-hybridized carbons (Fsp3) is 0.154. The van der Waals surface area contributed by atoms with E-state index in [0.29, 0.717) is 11.3 Å².